The molecule has 0 aliphatic carbocycles. The quantitative estimate of drug-likeness (QED) is 0.633. The van der Waals surface area contributed by atoms with Gasteiger partial charge in [0.2, 0.25) is 0 Å². The molecule has 1 heterocycles. The minimum Gasteiger partial charge on any atom is -0.361 e. The average molecular weight is 334 g/mol. The molecule has 1 aromatic heterocycles. The molecule has 0 unspecified atom stereocenters. The van der Waals surface area contributed by atoms with E-state index in [0.717, 1.165) is 22.2 Å². The van der Waals surface area contributed by atoms with Crippen molar-refractivity contribution in [2.45, 2.75) is 6.54 Å². The van der Waals surface area contributed by atoms with Crippen LogP contribution < -0.4 is 10.6 Å². The number of nitrogens with one attached hydrogen (secondary N) is 3. The normalized spacial score (nSPS) is 10.6. The molecule has 22 heavy (non-hydrogen) atoms. The van der Waals surface area contributed by atoms with Gasteiger partial charge in [-0.2, -0.15) is 0 Å². The fraction of sp³-hybridized carbons (Fsp3) is 0.0625. The van der Waals surface area contributed by atoms with Crippen LogP contribution in [0.25, 0.3) is 10.9 Å². The van der Waals surface area contributed by atoms with Gasteiger partial charge in [0.1, 0.15) is 0 Å². The van der Waals surface area contributed by atoms with E-state index in [2.05, 4.69) is 15.6 Å². The van der Waals surface area contributed by atoms with Gasteiger partial charge in [0.25, 0.3) is 0 Å². The minimum absolute atomic E-state index is 0.287. The third-order valence-electron chi connectivity index (χ3n) is 3.22. The van der Waals surface area contributed by atoms with Gasteiger partial charge < -0.3 is 15.6 Å². The molecule has 0 fully saturated rings. The second-order valence-electron chi connectivity index (χ2n) is 4.83. The van der Waals surface area contributed by atoms with Gasteiger partial charge in [0.15, 0.2) is 0 Å². The predicted octanol–water partition coefficient (Wildman–Crippen LogP) is 4.80. The number of H-pyrrole nitrogens is 1. The number of fused-ring (bicyclic) bond motifs is 1. The van der Waals surface area contributed by atoms with Crippen LogP contribution in [0.3, 0.4) is 0 Å². The van der Waals surface area contributed by atoms with Crippen molar-refractivity contribution < 1.29 is 4.79 Å². The van der Waals surface area contributed by atoms with Crippen LogP contribution in [0, 0.1) is 0 Å². The molecule has 3 rings (SSSR count). The van der Waals surface area contributed by atoms with Crippen LogP contribution in [0.4, 0.5) is 10.5 Å². The van der Waals surface area contributed by atoms with E-state index in [1.807, 2.05) is 30.5 Å². The first kappa shape index (κ1) is 14.8. The number of aromatic amines is 1. The SMILES string of the molecule is O=C(NCc1cc(Cl)cc(Cl)c1)Nc1cccc2[nH]ccc12. The molecule has 2 aromatic carbocycles. The molecule has 0 saturated heterocycles. The number of benzene rings is 2. The smallest absolute Gasteiger partial charge is 0.319 e. The Hall–Kier alpha value is -2.17. The van der Waals surface area contributed by atoms with Crippen molar-refractivity contribution in [1.29, 1.82) is 0 Å². The number of carbonyl (C=O) groups excluding carboxylic acids is 1. The van der Waals surface area contributed by atoms with Crippen LogP contribution in [0.2, 0.25) is 10.0 Å². The van der Waals surface area contributed by atoms with Crippen LogP contribution in [0.1, 0.15) is 5.56 Å². The van der Waals surface area contributed by atoms with Crippen molar-refractivity contribution in [3.63, 3.8) is 0 Å². The number of amides is 2. The van der Waals surface area contributed by atoms with Gasteiger partial charge in [-0.1, -0.05) is 29.3 Å². The fourth-order valence-corrected chi connectivity index (χ4v) is 2.83. The summed E-state index contributed by atoms with van der Waals surface area (Å²) in [4.78, 5) is 15.1. The molecule has 0 atom stereocenters. The van der Waals surface area contributed by atoms with Gasteiger partial charge in [-0.05, 0) is 42.0 Å². The summed E-state index contributed by atoms with van der Waals surface area (Å²) in [6.07, 6.45) is 1.84. The summed E-state index contributed by atoms with van der Waals surface area (Å²) in [6.45, 7) is 0.342. The third kappa shape index (κ3) is 3.35. The molecular weight excluding hydrogens is 321 g/mol. The Morgan fingerprint density at radius 3 is 2.64 bits per heavy atom. The lowest BCUT2D eigenvalue weighted by atomic mass is 10.2. The molecular formula is C16H13Cl2N3O. The molecule has 4 nitrogen and oxygen atoms in total. The summed E-state index contributed by atoms with van der Waals surface area (Å²) in [5, 5.41) is 7.66. The molecule has 3 N–H and O–H groups in total. The Morgan fingerprint density at radius 1 is 1.09 bits per heavy atom. The zero-order valence-electron chi connectivity index (χ0n) is 11.5. The number of hydrogen-bond acceptors (Lipinski definition) is 1. The molecule has 112 valence electrons. The average Bonchev–Trinajstić information content (AvgIpc) is 2.94. The van der Waals surface area contributed by atoms with Crippen molar-refractivity contribution in [2.75, 3.05) is 5.32 Å². The summed E-state index contributed by atoms with van der Waals surface area (Å²) in [7, 11) is 0. The van der Waals surface area contributed by atoms with Gasteiger partial charge in [0.05, 0.1) is 5.69 Å². The highest BCUT2D eigenvalue weighted by Crippen LogP contribution is 2.22. The first-order valence-electron chi connectivity index (χ1n) is 6.68. The lowest BCUT2D eigenvalue weighted by Gasteiger charge is -2.09. The maximum absolute atomic E-state index is 12.0. The Balaban J connectivity index is 1.66. The molecule has 2 amide bonds. The topological polar surface area (TPSA) is 56.9 Å². The van der Waals surface area contributed by atoms with Gasteiger partial charge in [0, 0.05) is 33.7 Å². The highest BCUT2D eigenvalue weighted by molar-refractivity contribution is 6.34. The minimum atomic E-state index is -0.287. The molecule has 0 radical (unpaired) electrons. The highest BCUT2D eigenvalue weighted by atomic mass is 35.5. The molecule has 0 saturated carbocycles. The Labute approximate surface area is 137 Å². The van der Waals surface area contributed by atoms with Crippen LogP contribution in [-0.4, -0.2) is 11.0 Å². The number of urea groups is 1. The van der Waals surface area contributed by atoms with Crippen molar-refractivity contribution in [2.24, 2.45) is 0 Å². The van der Waals surface area contributed by atoms with Gasteiger partial charge in [-0.3, -0.25) is 0 Å². The summed E-state index contributed by atoms with van der Waals surface area (Å²) < 4.78 is 0. The van der Waals surface area contributed by atoms with E-state index >= 15 is 0 Å². The Kier molecular flexibility index (Phi) is 4.22. The fourth-order valence-electron chi connectivity index (χ4n) is 2.26. The number of anilines is 1. The monoisotopic (exact) mass is 333 g/mol. The number of aromatic nitrogens is 1. The highest BCUT2D eigenvalue weighted by Gasteiger charge is 2.06. The first-order valence-corrected chi connectivity index (χ1v) is 7.43. The van der Waals surface area contributed by atoms with E-state index in [0.29, 0.717) is 16.6 Å². The molecule has 6 heteroatoms. The third-order valence-corrected chi connectivity index (χ3v) is 3.66. The van der Waals surface area contributed by atoms with Gasteiger partial charge >= 0.3 is 6.03 Å². The first-order chi connectivity index (χ1) is 10.6. The van der Waals surface area contributed by atoms with E-state index < -0.39 is 0 Å². The van der Waals surface area contributed by atoms with Crippen molar-refractivity contribution in [1.82, 2.24) is 10.3 Å². The summed E-state index contributed by atoms with van der Waals surface area (Å²) in [5.41, 5.74) is 2.56. The van der Waals surface area contributed by atoms with Crippen LogP contribution in [-0.2, 0) is 6.54 Å². The number of hydrogen-bond donors (Lipinski definition) is 3. The molecule has 0 bridgehead atoms. The molecule has 0 spiro atoms. The van der Waals surface area contributed by atoms with Gasteiger partial charge in [-0.15, -0.1) is 0 Å². The zero-order chi connectivity index (χ0) is 15.5. The van der Waals surface area contributed by atoms with E-state index in [-0.39, 0.29) is 6.03 Å². The van der Waals surface area contributed by atoms with Crippen molar-refractivity contribution in [3.05, 3.63) is 64.3 Å². The maximum Gasteiger partial charge on any atom is 0.319 e. The van der Waals surface area contributed by atoms with E-state index in [4.69, 9.17) is 23.2 Å². The lowest BCUT2D eigenvalue weighted by Crippen LogP contribution is -2.28. The van der Waals surface area contributed by atoms with Gasteiger partial charge in [-0.25, -0.2) is 4.79 Å². The number of carbonyl (C=O) groups is 1. The summed E-state index contributed by atoms with van der Waals surface area (Å²) in [5.74, 6) is 0. The maximum atomic E-state index is 12.0. The van der Waals surface area contributed by atoms with Crippen LogP contribution in [0.5, 0.6) is 0 Å². The zero-order valence-corrected chi connectivity index (χ0v) is 13.0. The van der Waals surface area contributed by atoms with Crippen LogP contribution in [0.15, 0.2) is 48.7 Å². The van der Waals surface area contributed by atoms with Crippen molar-refractivity contribution >= 4 is 45.8 Å². The number of rotatable bonds is 3. The Bertz CT molecular complexity index is 809. The van der Waals surface area contributed by atoms with Crippen LogP contribution >= 0.6 is 23.2 Å². The predicted molar refractivity (Wildman–Crippen MR) is 90.6 cm³/mol. The standard InChI is InChI=1S/C16H13Cl2N3O/c17-11-6-10(7-12(18)8-11)9-20-16(22)21-15-3-1-2-14-13(15)4-5-19-14/h1-8,19H,9H2,(H2,20,21,22). The largest absolute Gasteiger partial charge is 0.361 e. The summed E-state index contributed by atoms with van der Waals surface area (Å²) >= 11 is 11.9. The molecule has 3 aromatic rings. The Morgan fingerprint density at radius 2 is 1.86 bits per heavy atom. The van der Waals surface area contributed by atoms with E-state index in [1.165, 1.54) is 0 Å². The number of halogens is 2. The van der Waals surface area contributed by atoms with Crippen molar-refractivity contribution in [3.8, 4) is 0 Å². The van der Waals surface area contributed by atoms with E-state index in [9.17, 15) is 4.79 Å². The molecule has 0 aliphatic heterocycles. The second kappa shape index (κ2) is 6.30. The second-order valence-corrected chi connectivity index (χ2v) is 5.70. The molecule has 0 aliphatic rings. The lowest BCUT2D eigenvalue weighted by molar-refractivity contribution is 0.252. The summed E-state index contributed by atoms with van der Waals surface area (Å²) in [6, 6.07) is 12.5. The van der Waals surface area contributed by atoms with E-state index in [1.54, 1.807) is 18.2 Å².